The molecule has 0 aromatic carbocycles. The van der Waals surface area contributed by atoms with Crippen LogP contribution in [0.15, 0.2) is 0 Å². The van der Waals surface area contributed by atoms with Crippen LogP contribution >= 0.6 is 0 Å². The van der Waals surface area contributed by atoms with E-state index >= 15 is 0 Å². The van der Waals surface area contributed by atoms with E-state index in [2.05, 4.69) is 20.8 Å². The lowest BCUT2D eigenvalue weighted by Gasteiger charge is -2.59. The summed E-state index contributed by atoms with van der Waals surface area (Å²) < 4.78 is 6.73. The summed E-state index contributed by atoms with van der Waals surface area (Å²) in [6.07, 6.45) is 14.3. The summed E-state index contributed by atoms with van der Waals surface area (Å²) in [7, 11) is 0. The molecule has 3 heteroatoms. The molecular weight excluding hydrogens is 384 g/mol. The van der Waals surface area contributed by atoms with Gasteiger partial charge in [0, 0.05) is 6.42 Å². The first-order chi connectivity index (χ1) is 14.4. The number of aliphatic hydroxyl groups is 2. The maximum absolute atomic E-state index is 10.8. The SMILES string of the molecule is CC(C)(O)CC1CCC2C(CC3C4CCC5C(C)(C)[C@@H](O)CC[C@@]56CC46CC[C@]23C)O1. The Balaban J connectivity index is 1.26. The van der Waals surface area contributed by atoms with E-state index < -0.39 is 5.60 Å². The van der Waals surface area contributed by atoms with Crippen molar-refractivity contribution >= 4 is 0 Å². The lowest BCUT2D eigenvalue weighted by atomic mass is 9.46. The molecule has 2 N–H and O–H groups in total. The Morgan fingerprint density at radius 2 is 1.61 bits per heavy atom. The fraction of sp³-hybridized carbons (Fsp3) is 1.00. The second-order valence-electron chi connectivity index (χ2n) is 14.4. The van der Waals surface area contributed by atoms with Crippen LogP contribution in [0.2, 0.25) is 0 Å². The Morgan fingerprint density at radius 3 is 2.35 bits per heavy atom. The zero-order valence-electron chi connectivity index (χ0n) is 20.6. The highest BCUT2D eigenvalue weighted by Crippen LogP contribution is 2.87. The van der Waals surface area contributed by atoms with E-state index in [0.29, 0.717) is 22.3 Å². The van der Waals surface area contributed by atoms with Crippen molar-refractivity contribution in [1.29, 1.82) is 0 Å². The highest BCUT2D eigenvalue weighted by atomic mass is 16.5. The minimum absolute atomic E-state index is 0.0879. The molecule has 0 aromatic rings. The first-order valence-corrected chi connectivity index (χ1v) is 13.5. The van der Waals surface area contributed by atoms with Crippen molar-refractivity contribution in [2.45, 2.75) is 129 Å². The number of fused-ring (bicyclic) bond motifs is 4. The van der Waals surface area contributed by atoms with Crippen LogP contribution in [0.5, 0.6) is 0 Å². The monoisotopic (exact) mass is 430 g/mol. The molecule has 1 saturated heterocycles. The van der Waals surface area contributed by atoms with Crippen molar-refractivity contribution in [3.63, 3.8) is 0 Å². The van der Waals surface area contributed by atoms with Crippen LogP contribution in [0.4, 0.5) is 0 Å². The maximum Gasteiger partial charge on any atom is 0.0616 e. The Kier molecular flexibility index (Phi) is 4.35. The molecule has 6 aliphatic rings. The molecule has 1 aliphatic heterocycles. The van der Waals surface area contributed by atoms with E-state index in [9.17, 15) is 10.2 Å². The van der Waals surface area contributed by atoms with Crippen molar-refractivity contribution in [2.24, 2.45) is 45.3 Å². The Labute approximate surface area is 189 Å². The van der Waals surface area contributed by atoms with Gasteiger partial charge in [-0.1, -0.05) is 20.8 Å². The number of hydrogen-bond acceptors (Lipinski definition) is 3. The molecule has 0 amide bonds. The fourth-order valence-electron chi connectivity index (χ4n) is 11.0. The molecule has 5 saturated carbocycles. The van der Waals surface area contributed by atoms with Crippen LogP contribution in [-0.2, 0) is 4.74 Å². The summed E-state index contributed by atoms with van der Waals surface area (Å²) in [5.74, 6) is 3.16. The predicted molar refractivity (Wildman–Crippen MR) is 122 cm³/mol. The molecule has 5 aliphatic carbocycles. The van der Waals surface area contributed by atoms with Gasteiger partial charge in [0.05, 0.1) is 23.9 Å². The van der Waals surface area contributed by atoms with Crippen molar-refractivity contribution < 1.29 is 14.9 Å². The van der Waals surface area contributed by atoms with Gasteiger partial charge < -0.3 is 14.9 Å². The largest absolute Gasteiger partial charge is 0.393 e. The molecule has 31 heavy (non-hydrogen) atoms. The van der Waals surface area contributed by atoms with Gasteiger partial charge in [-0.15, -0.1) is 0 Å². The van der Waals surface area contributed by atoms with Gasteiger partial charge in [-0.25, -0.2) is 0 Å². The average molecular weight is 431 g/mol. The minimum atomic E-state index is -0.631. The zero-order valence-corrected chi connectivity index (χ0v) is 20.6. The molecule has 1 heterocycles. The van der Waals surface area contributed by atoms with Gasteiger partial charge in [-0.3, -0.25) is 0 Å². The maximum atomic E-state index is 10.8. The molecule has 176 valence electrons. The highest BCUT2D eigenvalue weighted by Gasteiger charge is 2.80. The Hall–Kier alpha value is -0.120. The normalized spacial score (nSPS) is 57.2. The molecule has 2 spiro atoms. The summed E-state index contributed by atoms with van der Waals surface area (Å²) in [6, 6.07) is 0. The van der Waals surface area contributed by atoms with Crippen LogP contribution in [0.25, 0.3) is 0 Å². The second kappa shape index (κ2) is 6.30. The molecule has 7 unspecified atom stereocenters. The van der Waals surface area contributed by atoms with E-state index in [4.69, 9.17) is 4.74 Å². The lowest BCUT2D eigenvalue weighted by molar-refractivity contribution is -0.137. The van der Waals surface area contributed by atoms with E-state index in [1.807, 2.05) is 13.8 Å². The topological polar surface area (TPSA) is 49.7 Å². The summed E-state index contributed by atoms with van der Waals surface area (Å²) >= 11 is 0. The van der Waals surface area contributed by atoms with Crippen LogP contribution in [0.1, 0.15) is 105 Å². The number of aliphatic hydroxyl groups excluding tert-OH is 1. The average Bonchev–Trinajstić information content (AvgIpc) is 3.25. The molecular formula is C28H46O3. The van der Waals surface area contributed by atoms with E-state index in [1.54, 1.807) is 0 Å². The molecule has 0 radical (unpaired) electrons. The zero-order chi connectivity index (χ0) is 22.0. The van der Waals surface area contributed by atoms with Gasteiger partial charge in [0.2, 0.25) is 0 Å². The Bertz CT molecular complexity index is 754. The summed E-state index contributed by atoms with van der Waals surface area (Å²) in [5, 5.41) is 21.1. The smallest absolute Gasteiger partial charge is 0.0616 e. The minimum Gasteiger partial charge on any atom is -0.393 e. The van der Waals surface area contributed by atoms with E-state index in [-0.39, 0.29) is 17.6 Å². The Morgan fingerprint density at radius 1 is 0.871 bits per heavy atom. The van der Waals surface area contributed by atoms with Gasteiger partial charge in [0.25, 0.3) is 0 Å². The number of ether oxygens (including phenoxy) is 1. The van der Waals surface area contributed by atoms with Crippen LogP contribution < -0.4 is 0 Å². The van der Waals surface area contributed by atoms with Gasteiger partial charge in [-0.05, 0) is 123 Å². The van der Waals surface area contributed by atoms with Crippen LogP contribution in [-0.4, -0.2) is 34.1 Å². The molecule has 6 rings (SSSR count). The molecule has 3 nitrogen and oxygen atoms in total. The second-order valence-corrected chi connectivity index (χ2v) is 14.4. The summed E-state index contributed by atoms with van der Waals surface area (Å²) in [4.78, 5) is 0. The van der Waals surface area contributed by atoms with Crippen LogP contribution in [0.3, 0.4) is 0 Å². The fourth-order valence-corrected chi connectivity index (χ4v) is 11.0. The molecule has 0 aromatic heterocycles. The molecule has 6 fully saturated rings. The third-order valence-electron chi connectivity index (χ3n) is 12.4. The van der Waals surface area contributed by atoms with Crippen molar-refractivity contribution in [3.8, 4) is 0 Å². The van der Waals surface area contributed by atoms with Crippen molar-refractivity contribution in [1.82, 2.24) is 0 Å². The number of hydrogen-bond donors (Lipinski definition) is 2. The van der Waals surface area contributed by atoms with Gasteiger partial charge in [0.15, 0.2) is 0 Å². The summed E-state index contributed by atoms with van der Waals surface area (Å²) in [6.45, 7) is 11.2. The number of rotatable bonds is 2. The van der Waals surface area contributed by atoms with E-state index in [1.165, 1.54) is 51.4 Å². The first-order valence-electron chi connectivity index (χ1n) is 13.5. The third-order valence-corrected chi connectivity index (χ3v) is 12.4. The lowest BCUT2D eigenvalue weighted by Crippen LogP contribution is -2.54. The van der Waals surface area contributed by atoms with Crippen molar-refractivity contribution in [3.05, 3.63) is 0 Å². The molecule has 10 atom stereocenters. The predicted octanol–water partition coefficient (Wildman–Crippen LogP) is 5.71. The van der Waals surface area contributed by atoms with Crippen molar-refractivity contribution in [2.75, 3.05) is 0 Å². The van der Waals surface area contributed by atoms with Gasteiger partial charge >= 0.3 is 0 Å². The van der Waals surface area contributed by atoms with Crippen LogP contribution in [0, 0.1) is 45.3 Å². The highest BCUT2D eigenvalue weighted by molar-refractivity contribution is 5.29. The quantitative estimate of drug-likeness (QED) is 0.589. The third kappa shape index (κ3) is 2.69. The first kappa shape index (κ1) is 21.4. The standard InChI is InChI=1S/C28H46O3/c1-24(2,30)15-17-6-7-19-21(31-17)14-20-18-8-9-22-25(3,4)23(29)10-11-28(22)16-27(18,28)13-12-26(19,20)5/h17-23,29-30H,6-16H2,1-5H3/t17?,18?,19?,20?,21?,22?,23-,26+,27?,28+/m0/s1. The van der Waals surface area contributed by atoms with Gasteiger partial charge in [0.1, 0.15) is 0 Å². The van der Waals surface area contributed by atoms with Gasteiger partial charge in [-0.2, -0.15) is 0 Å². The molecule has 0 bridgehead atoms. The van der Waals surface area contributed by atoms with E-state index in [0.717, 1.165) is 42.9 Å². The summed E-state index contributed by atoms with van der Waals surface area (Å²) in [5.41, 5.74) is 1.04.